The molecule has 0 aliphatic carbocycles. The van der Waals surface area contributed by atoms with Crippen LogP contribution in [-0.2, 0) is 10.0 Å². The Kier molecular flexibility index (Phi) is 8.51. The number of anilines is 1. The molecule has 0 spiro atoms. The van der Waals surface area contributed by atoms with Crippen molar-refractivity contribution in [2.75, 3.05) is 33.2 Å². The predicted molar refractivity (Wildman–Crippen MR) is 134 cm³/mol. The van der Waals surface area contributed by atoms with E-state index in [4.69, 9.17) is 18.9 Å². The Morgan fingerprint density at radius 2 is 1.39 bits per heavy atom. The fourth-order valence-corrected chi connectivity index (χ4v) is 4.49. The molecule has 0 unspecified atom stereocenters. The van der Waals surface area contributed by atoms with Gasteiger partial charge in [0.2, 0.25) is 5.75 Å². The van der Waals surface area contributed by atoms with Gasteiger partial charge in [0.1, 0.15) is 11.4 Å². The third kappa shape index (κ3) is 6.54. The molecule has 3 rings (SSSR count). The fraction of sp³-hybridized carbons (Fsp3) is 0.200. The van der Waals surface area contributed by atoms with Gasteiger partial charge in [0.05, 0.1) is 33.3 Å². The summed E-state index contributed by atoms with van der Waals surface area (Å²) < 4.78 is 90.4. The molecule has 13 heteroatoms. The molecule has 0 bridgehead atoms. The number of phenols is 1. The summed E-state index contributed by atoms with van der Waals surface area (Å²) in [5, 5.41) is 10.7. The molecule has 0 aliphatic heterocycles. The van der Waals surface area contributed by atoms with Crippen LogP contribution in [-0.4, -0.2) is 48.3 Å². The van der Waals surface area contributed by atoms with Gasteiger partial charge >= 0.3 is 6.36 Å². The van der Waals surface area contributed by atoms with Crippen molar-refractivity contribution in [2.45, 2.75) is 11.3 Å². The zero-order valence-electron chi connectivity index (χ0n) is 20.6. The average molecular weight is 556 g/mol. The maximum Gasteiger partial charge on any atom is 0.573 e. The van der Waals surface area contributed by atoms with E-state index in [-0.39, 0.29) is 21.9 Å². The second-order valence-corrected chi connectivity index (χ2v) is 9.18. The Bertz CT molecular complexity index is 1400. The van der Waals surface area contributed by atoms with Crippen LogP contribution in [0.15, 0.2) is 53.4 Å². The van der Waals surface area contributed by atoms with Gasteiger partial charge in [-0.2, -0.15) is 0 Å². The number of rotatable bonds is 10. The van der Waals surface area contributed by atoms with Gasteiger partial charge in [0, 0.05) is 5.56 Å². The van der Waals surface area contributed by atoms with E-state index < -0.39 is 27.9 Å². The molecule has 0 fully saturated rings. The van der Waals surface area contributed by atoms with Crippen molar-refractivity contribution >= 4 is 27.9 Å². The van der Waals surface area contributed by atoms with E-state index in [2.05, 4.69) is 9.46 Å². The Hall–Kier alpha value is -4.26. The van der Waals surface area contributed by atoms with Gasteiger partial charge in [-0.15, -0.1) is 13.2 Å². The molecule has 0 amide bonds. The highest BCUT2D eigenvalue weighted by Gasteiger charge is 2.31. The standard InChI is InChI=1S/C25H24F3NO8S/c1-33-19-12-7-16(6-5-15-13-20(34-2)24(36-4)21(14-15)35-3)22(23(19)30)29-38(31,32)18-10-8-17(9-11-18)37-25(26,27)28/h5-14,29-30H,1-4H3. The zero-order chi connectivity index (χ0) is 28.1. The number of phenolic OH excluding ortho intramolecular Hbond substituents is 1. The van der Waals surface area contributed by atoms with Crippen LogP contribution in [0, 0.1) is 0 Å². The highest BCUT2D eigenvalue weighted by Crippen LogP contribution is 2.41. The van der Waals surface area contributed by atoms with Crippen LogP contribution in [0.25, 0.3) is 12.2 Å². The third-order valence-electron chi connectivity index (χ3n) is 5.14. The van der Waals surface area contributed by atoms with Crippen molar-refractivity contribution in [1.29, 1.82) is 0 Å². The minimum absolute atomic E-state index is 0.0124. The molecular formula is C25H24F3NO8S. The van der Waals surface area contributed by atoms with Crippen molar-refractivity contribution in [1.82, 2.24) is 0 Å². The first kappa shape index (κ1) is 28.3. The molecule has 2 N–H and O–H groups in total. The van der Waals surface area contributed by atoms with E-state index in [0.717, 1.165) is 24.3 Å². The Morgan fingerprint density at radius 3 is 1.89 bits per heavy atom. The van der Waals surface area contributed by atoms with Crippen LogP contribution >= 0.6 is 0 Å². The summed E-state index contributed by atoms with van der Waals surface area (Å²) in [6, 6.07) is 9.86. The number of hydrogen-bond acceptors (Lipinski definition) is 8. The van der Waals surface area contributed by atoms with Gasteiger partial charge in [0.25, 0.3) is 10.0 Å². The van der Waals surface area contributed by atoms with E-state index in [0.29, 0.717) is 22.8 Å². The number of nitrogens with one attached hydrogen (secondary N) is 1. The molecule has 0 saturated carbocycles. The van der Waals surface area contributed by atoms with Crippen LogP contribution in [0.2, 0.25) is 0 Å². The number of halogens is 3. The van der Waals surface area contributed by atoms with Crippen LogP contribution in [0.5, 0.6) is 34.5 Å². The molecule has 38 heavy (non-hydrogen) atoms. The van der Waals surface area contributed by atoms with Gasteiger partial charge in [-0.3, -0.25) is 4.72 Å². The van der Waals surface area contributed by atoms with Crippen molar-refractivity contribution in [3.63, 3.8) is 0 Å². The summed E-state index contributed by atoms with van der Waals surface area (Å²) in [6.45, 7) is 0. The number of benzene rings is 3. The van der Waals surface area contributed by atoms with Gasteiger partial charge in [-0.25, -0.2) is 8.42 Å². The van der Waals surface area contributed by atoms with Crippen molar-refractivity contribution in [3.05, 3.63) is 59.7 Å². The Balaban J connectivity index is 2.00. The Labute approximate surface area is 217 Å². The molecule has 204 valence electrons. The van der Waals surface area contributed by atoms with Gasteiger partial charge < -0.3 is 28.8 Å². The normalized spacial score (nSPS) is 11.8. The minimum Gasteiger partial charge on any atom is -0.503 e. The lowest BCUT2D eigenvalue weighted by molar-refractivity contribution is -0.274. The number of ether oxygens (including phenoxy) is 5. The van der Waals surface area contributed by atoms with Crippen molar-refractivity contribution < 1.29 is 50.4 Å². The predicted octanol–water partition coefficient (Wildman–Crippen LogP) is 5.30. The lowest BCUT2D eigenvalue weighted by Gasteiger charge is -2.15. The number of aromatic hydroxyl groups is 1. The van der Waals surface area contributed by atoms with Crippen LogP contribution < -0.4 is 28.4 Å². The van der Waals surface area contributed by atoms with Gasteiger partial charge in [-0.1, -0.05) is 12.2 Å². The van der Waals surface area contributed by atoms with E-state index >= 15 is 0 Å². The van der Waals surface area contributed by atoms with E-state index in [1.54, 1.807) is 18.2 Å². The second-order valence-electron chi connectivity index (χ2n) is 7.50. The van der Waals surface area contributed by atoms with E-state index in [9.17, 15) is 26.7 Å². The highest BCUT2D eigenvalue weighted by atomic mass is 32.2. The van der Waals surface area contributed by atoms with E-state index in [1.807, 2.05) is 0 Å². The first-order chi connectivity index (χ1) is 17.9. The van der Waals surface area contributed by atoms with Crippen LogP contribution in [0.4, 0.5) is 18.9 Å². The molecule has 3 aromatic carbocycles. The molecule has 0 aliphatic rings. The number of alkyl halides is 3. The SMILES string of the molecule is COc1ccc(C=Cc2cc(OC)c(OC)c(OC)c2)c(NS(=O)(=O)c2ccc(OC(F)(F)F)cc2)c1O. The summed E-state index contributed by atoms with van der Waals surface area (Å²) in [5.41, 5.74) is 0.630. The number of methoxy groups -OCH3 is 4. The summed E-state index contributed by atoms with van der Waals surface area (Å²) in [4.78, 5) is -0.367. The van der Waals surface area contributed by atoms with Crippen molar-refractivity contribution in [3.8, 4) is 34.5 Å². The molecule has 3 aromatic rings. The van der Waals surface area contributed by atoms with Gasteiger partial charge in [0.15, 0.2) is 23.0 Å². The number of sulfonamides is 1. The smallest absolute Gasteiger partial charge is 0.503 e. The molecule has 9 nitrogen and oxygen atoms in total. The second kappa shape index (κ2) is 11.4. The summed E-state index contributed by atoms with van der Waals surface area (Å²) in [7, 11) is 1.32. The summed E-state index contributed by atoms with van der Waals surface area (Å²) in [5.74, 6) is 0.0663. The zero-order valence-corrected chi connectivity index (χ0v) is 21.4. The molecule has 0 radical (unpaired) electrons. The number of hydrogen-bond donors (Lipinski definition) is 2. The molecule has 0 saturated heterocycles. The molecular weight excluding hydrogens is 531 g/mol. The van der Waals surface area contributed by atoms with Gasteiger partial charge in [-0.05, 0) is 54.1 Å². The lowest BCUT2D eigenvalue weighted by Crippen LogP contribution is -2.17. The largest absolute Gasteiger partial charge is 0.573 e. The lowest BCUT2D eigenvalue weighted by atomic mass is 10.1. The molecule has 0 aromatic heterocycles. The van der Waals surface area contributed by atoms with E-state index in [1.165, 1.54) is 46.6 Å². The topological polar surface area (TPSA) is 113 Å². The first-order valence-corrected chi connectivity index (χ1v) is 12.2. The average Bonchev–Trinajstić information content (AvgIpc) is 2.87. The van der Waals surface area contributed by atoms with Crippen LogP contribution in [0.1, 0.15) is 11.1 Å². The molecule has 0 atom stereocenters. The monoisotopic (exact) mass is 555 g/mol. The summed E-state index contributed by atoms with van der Waals surface area (Å²) in [6.07, 6.45) is -1.78. The van der Waals surface area contributed by atoms with Crippen molar-refractivity contribution in [2.24, 2.45) is 0 Å². The highest BCUT2D eigenvalue weighted by molar-refractivity contribution is 7.92. The quantitative estimate of drug-likeness (QED) is 0.256. The maximum absolute atomic E-state index is 13.0. The fourth-order valence-electron chi connectivity index (χ4n) is 3.40. The molecule has 0 heterocycles. The minimum atomic E-state index is -4.93. The first-order valence-electron chi connectivity index (χ1n) is 10.7. The maximum atomic E-state index is 13.0. The third-order valence-corrected chi connectivity index (χ3v) is 6.51. The van der Waals surface area contributed by atoms with Crippen LogP contribution in [0.3, 0.4) is 0 Å². The Morgan fingerprint density at radius 1 is 0.816 bits per heavy atom. The summed E-state index contributed by atoms with van der Waals surface area (Å²) >= 11 is 0.